The van der Waals surface area contributed by atoms with Crippen LogP contribution in [0.1, 0.15) is 21.5 Å². The van der Waals surface area contributed by atoms with Gasteiger partial charge in [0.25, 0.3) is 5.91 Å². The lowest BCUT2D eigenvalue weighted by Crippen LogP contribution is -2.24. The first-order chi connectivity index (χ1) is 14.2. The Labute approximate surface area is 169 Å². The molecule has 0 atom stereocenters. The molecule has 0 aliphatic heterocycles. The largest absolute Gasteiger partial charge is 0.497 e. The van der Waals surface area contributed by atoms with Crippen molar-refractivity contribution in [2.75, 3.05) is 12.4 Å². The number of pyridine rings is 1. The fraction of sp³-hybridized carbons (Fsp3) is 0.0870. The summed E-state index contributed by atoms with van der Waals surface area (Å²) in [5.41, 5.74) is 2.59. The number of para-hydroxylation sites is 1. The van der Waals surface area contributed by atoms with Gasteiger partial charge in [0.15, 0.2) is 0 Å². The summed E-state index contributed by atoms with van der Waals surface area (Å²) < 4.78 is 5.11. The SMILES string of the molecule is COc1ccc(/C=C\C(=O)Nc2ccccc2C(=O)NCc2cccnc2)cc1. The van der Waals surface area contributed by atoms with Crippen molar-refractivity contribution in [1.82, 2.24) is 10.3 Å². The van der Waals surface area contributed by atoms with Crippen LogP contribution < -0.4 is 15.4 Å². The van der Waals surface area contributed by atoms with E-state index in [9.17, 15) is 9.59 Å². The maximum absolute atomic E-state index is 12.5. The topological polar surface area (TPSA) is 80.3 Å². The molecule has 0 spiro atoms. The van der Waals surface area contributed by atoms with E-state index in [-0.39, 0.29) is 11.8 Å². The van der Waals surface area contributed by atoms with Crippen molar-refractivity contribution in [2.45, 2.75) is 6.54 Å². The molecule has 29 heavy (non-hydrogen) atoms. The highest BCUT2D eigenvalue weighted by Gasteiger charge is 2.12. The van der Waals surface area contributed by atoms with Gasteiger partial charge in [0.05, 0.1) is 18.4 Å². The first-order valence-corrected chi connectivity index (χ1v) is 9.05. The maximum Gasteiger partial charge on any atom is 0.253 e. The number of carbonyl (C=O) groups excluding carboxylic acids is 2. The van der Waals surface area contributed by atoms with Crippen LogP contribution in [0.15, 0.2) is 79.1 Å². The summed E-state index contributed by atoms with van der Waals surface area (Å²) in [6, 6.07) is 17.9. The molecule has 2 N–H and O–H groups in total. The third-order valence-corrected chi connectivity index (χ3v) is 4.15. The van der Waals surface area contributed by atoms with Gasteiger partial charge in [0.1, 0.15) is 5.75 Å². The minimum Gasteiger partial charge on any atom is -0.497 e. The average Bonchev–Trinajstić information content (AvgIpc) is 2.77. The van der Waals surface area contributed by atoms with Crippen molar-refractivity contribution in [3.63, 3.8) is 0 Å². The van der Waals surface area contributed by atoms with E-state index in [0.717, 1.165) is 16.9 Å². The number of aromatic nitrogens is 1. The third-order valence-electron chi connectivity index (χ3n) is 4.15. The molecule has 2 aromatic carbocycles. The zero-order chi connectivity index (χ0) is 20.5. The second kappa shape index (κ2) is 9.85. The van der Waals surface area contributed by atoms with E-state index in [4.69, 9.17) is 4.74 Å². The summed E-state index contributed by atoms with van der Waals surface area (Å²) in [6.45, 7) is 0.353. The molecule has 0 bridgehead atoms. The van der Waals surface area contributed by atoms with Crippen molar-refractivity contribution < 1.29 is 14.3 Å². The Morgan fingerprint density at radius 1 is 1.03 bits per heavy atom. The number of carbonyl (C=O) groups is 2. The van der Waals surface area contributed by atoms with Gasteiger partial charge in [0.2, 0.25) is 5.91 Å². The molecular formula is C23H21N3O3. The van der Waals surface area contributed by atoms with Crippen LogP contribution in [0.4, 0.5) is 5.69 Å². The Morgan fingerprint density at radius 2 is 1.83 bits per heavy atom. The van der Waals surface area contributed by atoms with Gasteiger partial charge in [-0.3, -0.25) is 14.6 Å². The Bertz CT molecular complexity index is 999. The second-order valence-corrected chi connectivity index (χ2v) is 6.19. The standard InChI is InChI=1S/C23H21N3O3/c1-29-19-11-8-17(9-12-19)10-13-22(27)26-21-7-3-2-6-20(21)23(28)25-16-18-5-4-14-24-15-18/h2-15H,16H2,1H3,(H,25,28)(H,26,27)/b13-10-. The predicted octanol–water partition coefficient (Wildman–Crippen LogP) is 3.67. The van der Waals surface area contributed by atoms with E-state index in [0.29, 0.717) is 17.8 Å². The molecular weight excluding hydrogens is 366 g/mol. The lowest BCUT2D eigenvalue weighted by atomic mass is 10.1. The normalized spacial score (nSPS) is 10.5. The second-order valence-electron chi connectivity index (χ2n) is 6.19. The smallest absolute Gasteiger partial charge is 0.253 e. The van der Waals surface area contributed by atoms with Gasteiger partial charge in [-0.1, -0.05) is 30.3 Å². The van der Waals surface area contributed by atoms with Crippen LogP contribution in [0.5, 0.6) is 5.75 Å². The average molecular weight is 387 g/mol. The summed E-state index contributed by atoms with van der Waals surface area (Å²) in [5, 5.41) is 5.60. The van der Waals surface area contributed by atoms with Crippen LogP contribution in [0.25, 0.3) is 6.08 Å². The Balaban J connectivity index is 1.63. The van der Waals surface area contributed by atoms with Gasteiger partial charge in [-0.15, -0.1) is 0 Å². The minimum atomic E-state index is -0.326. The number of hydrogen-bond donors (Lipinski definition) is 2. The van der Waals surface area contributed by atoms with E-state index in [1.54, 1.807) is 49.8 Å². The Morgan fingerprint density at radius 3 is 2.55 bits per heavy atom. The van der Waals surface area contributed by atoms with Crippen LogP contribution in [0.2, 0.25) is 0 Å². The molecule has 2 amide bonds. The summed E-state index contributed by atoms with van der Waals surface area (Å²) in [6.07, 6.45) is 6.49. The minimum absolute atomic E-state index is 0.274. The molecule has 6 heteroatoms. The predicted molar refractivity (Wildman–Crippen MR) is 113 cm³/mol. The number of anilines is 1. The van der Waals surface area contributed by atoms with Crippen LogP contribution in [0.3, 0.4) is 0 Å². The molecule has 146 valence electrons. The number of benzene rings is 2. The number of nitrogens with one attached hydrogen (secondary N) is 2. The van der Waals surface area contributed by atoms with Gasteiger partial charge >= 0.3 is 0 Å². The zero-order valence-electron chi connectivity index (χ0n) is 16.0. The van der Waals surface area contributed by atoms with Gasteiger partial charge in [-0.05, 0) is 47.5 Å². The highest BCUT2D eigenvalue weighted by atomic mass is 16.5. The zero-order valence-corrected chi connectivity index (χ0v) is 16.0. The molecule has 1 heterocycles. The highest BCUT2D eigenvalue weighted by Crippen LogP contribution is 2.16. The molecule has 0 saturated carbocycles. The number of rotatable bonds is 7. The number of amides is 2. The molecule has 3 rings (SSSR count). The van der Waals surface area contributed by atoms with Crippen LogP contribution in [0, 0.1) is 0 Å². The van der Waals surface area contributed by atoms with E-state index in [2.05, 4.69) is 15.6 Å². The van der Waals surface area contributed by atoms with Crippen molar-refractivity contribution in [2.24, 2.45) is 0 Å². The van der Waals surface area contributed by atoms with E-state index >= 15 is 0 Å². The first kappa shape index (κ1) is 19.8. The Hall–Kier alpha value is -3.93. The summed E-state index contributed by atoms with van der Waals surface area (Å²) >= 11 is 0. The summed E-state index contributed by atoms with van der Waals surface area (Å²) in [4.78, 5) is 28.9. The highest BCUT2D eigenvalue weighted by molar-refractivity contribution is 6.07. The Kier molecular flexibility index (Phi) is 6.73. The molecule has 3 aromatic rings. The molecule has 0 aliphatic carbocycles. The fourth-order valence-electron chi connectivity index (χ4n) is 2.63. The van der Waals surface area contributed by atoms with Gasteiger partial charge in [-0.25, -0.2) is 0 Å². The van der Waals surface area contributed by atoms with Crippen LogP contribution in [-0.4, -0.2) is 23.9 Å². The van der Waals surface area contributed by atoms with Crippen molar-refractivity contribution in [1.29, 1.82) is 0 Å². The van der Waals surface area contributed by atoms with Crippen molar-refractivity contribution in [3.8, 4) is 5.75 Å². The van der Waals surface area contributed by atoms with E-state index in [1.165, 1.54) is 6.08 Å². The molecule has 0 unspecified atom stereocenters. The number of hydrogen-bond acceptors (Lipinski definition) is 4. The fourth-order valence-corrected chi connectivity index (χ4v) is 2.63. The van der Waals surface area contributed by atoms with Gasteiger partial charge in [0, 0.05) is 25.0 Å². The van der Waals surface area contributed by atoms with Gasteiger partial charge in [-0.2, -0.15) is 0 Å². The van der Waals surface area contributed by atoms with Gasteiger partial charge < -0.3 is 15.4 Å². The quantitative estimate of drug-likeness (QED) is 0.606. The third kappa shape index (κ3) is 5.77. The van der Waals surface area contributed by atoms with Crippen LogP contribution >= 0.6 is 0 Å². The molecule has 0 fully saturated rings. The van der Waals surface area contributed by atoms with E-state index < -0.39 is 0 Å². The molecule has 0 aliphatic rings. The monoisotopic (exact) mass is 387 g/mol. The number of ether oxygens (including phenoxy) is 1. The number of methoxy groups -OCH3 is 1. The van der Waals surface area contributed by atoms with Crippen LogP contribution in [-0.2, 0) is 11.3 Å². The van der Waals surface area contributed by atoms with Crippen molar-refractivity contribution in [3.05, 3.63) is 95.8 Å². The lowest BCUT2D eigenvalue weighted by Gasteiger charge is -2.10. The maximum atomic E-state index is 12.5. The molecule has 1 aromatic heterocycles. The lowest BCUT2D eigenvalue weighted by molar-refractivity contribution is -0.111. The summed E-state index contributed by atoms with van der Waals surface area (Å²) in [7, 11) is 1.60. The summed E-state index contributed by atoms with van der Waals surface area (Å²) in [5.74, 6) is 0.148. The van der Waals surface area contributed by atoms with Crippen molar-refractivity contribution >= 4 is 23.6 Å². The molecule has 0 radical (unpaired) electrons. The first-order valence-electron chi connectivity index (χ1n) is 9.05. The van der Waals surface area contributed by atoms with E-state index in [1.807, 2.05) is 36.4 Å². The molecule has 0 saturated heterocycles. The number of nitrogens with zero attached hydrogens (tertiary/aromatic N) is 1. The molecule has 6 nitrogen and oxygen atoms in total.